The van der Waals surface area contributed by atoms with Gasteiger partial charge in [-0.25, -0.2) is 13.8 Å². The minimum absolute atomic E-state index is 0.172. The predicted molar refractivity (Wildman–Crippen MR) is 128 cm³/mol. The number of rotatable bonds is 7. The summed E-state index contributed by atoms with van der Waals surface area (Å²) in [7, 11) is -3.46. The molecule has 0 aliphatic carbocycles. The van der Waals surface area contributed by atoms with Crippen LogP contribution in [0.1, 0.15) is 28.4 Å². The van der Waals surface area contributed by atoms with Crippen LogP contribution in [0.3, 0.4) is 0 Å². The number of carbonyl (C=O) groups excluding carboxylic acids is 1. The number of hydrogen-bond acceptors (Lipinski definition) is 4. The molecule has 0 unspecified atom stereocenters. The Morgan fingerprint density at radius 1 is 0.935 bits per heavy atom. The molecule has 0 fully saturated rings. The van der Waals surface area contributed by atoms with Gasteiger partial charge < -0.3 is 0 Å². The molecule has 0 heterocycles. The maximum Gasteiger partial charge on any atom is 0.271 e. The molecule has 0 spiro atoms. The van der Waals surface area contributed by atoms with Crippen LogP contribution in [0.2, 0.25) is 0 Å². The summed E-state index contributed by atoms with van der Waals surface area (Å²) in [6.45, 7) is 1.99. The van der Waals surface area contributed by atoms with E-state index >= 15 is 0 Å². The zero-order valence-corrected chi connectivity index (χ0v) is 19.5. The van der Waals surface area contributed by atoms with Gasteiger partial charge in [0.1, 0.15) is 0 Å². The monoisotopic (exact) mass is 499 g/mol. The third kappa shape index (κ3) is 6.26. The largest absolute Gasteiger partial charge is 0.271 e. The summed E-state index contributed by atoms with van der Waals surface area (Å²) in [5, 5.41) is 4.16. The lowest BCUT2D eigenvalue weighted by molar-refractivity contribution is 0.0955. The van der Waals surface area contributed by atoms with E-state index in [1.807, 2.05) is 37.3 Å². The Bertz CT molecular complexity index is 1180. The number of hydrazone groups is 1. The fourth-order valence-corrected chi connectivity index (χ4v) is 4.03. The lowest BCUT2D eigenvalue weighted by atomic mass is 10.1. The first-order valence-corrected chi connectivity index (χ1v) is 12.1. The molecular weight excluding hydrogens is 478 g/mol. The number of nitrogens with one attached hydrogen (secondary N) is 1. The quantitative estimate of drug-likeness (QED) is 0.382. The molecule has 0 aromatic heterocycles. The van der Waals surface area contributed by atoms with Crippen molar-refractivity contribution in [3.63, 3.8) is 0 Å². The molecule has 0 saturated carbocycles. The summed E-state index contributed by atoms with van der Waals surface area (Å²) < 4.78 is 26.8. The first-order chi connectivity index (χ1) is 14.7. The van der Waals surface area contributed by atoms with E-state index < -0.39 is 10.0 Å². The average molecular weight is 500 g/mol. The molecule has 1 amide bonds. The molecule has 0 aliphatic rings. The van der Waals surface area contributed by atoms with Crippen LogP contribution in [0.4, 0.5) is 5.69 Å². The Labute approximate surface area is 190 Å². The second kappa shape index (κ2) is 9.89. The van der Waals surface area contributed by atoms with Crippen molar-refractivity contribution in [2.45, 2.75) is 13.5 Å². The molecule has 0 atom stereocenters. The Morgan fingerprint density at radius 2 is 1.52 bits per heavy atom. The number of nitrogens with zero attached hydrogens (tertiary/aromatic N) is 2. The number of anilines is 1. The van der Waals surface area contributed by atoms with Gasteiger partial charge in [0, 0.05) is 10.0 Å². The van der Waals surface area contributed by atoms with Gasteiger partial charge in [-0.15, -0.1) is 0 Å². The van der Waals surface area contributed by atoms with Crippen molar-refractivity contribution in [1.29, 1.82) is 0 Å². The summed E-state index contributed by atoms with van der Waals surface area (Å²) >= 11 is 3.39. The molecule has 3 aromatic carbocycles. The van der Waals surface area contributed by atoms with Crippen molar-refractivity contribution in [1.82, 2.24) is 5.43 Å². The molecule has 0 radical (unpaired) electrons. The molecule has 31 heavy (non-hydrogen) atoms. The second-order valence-electron chi connectivity index (χ2n) is 6.95. The van der Waals surface area contributed by atoms with Crippen LogP contribution < -0.4 is 9.73 Å². The Balaban J connectivity index is 1.69. The maximum atomic E-state index is 12.4. The van der Waals surface area contributed by atoms with E-state index in [0.717, 1.165) is 15.6 Å². The van der Waals surface area contributed by atoms with Gasteiger partial charge in [-0.3, -0.25) is 9.10 Å². The number of amides is 1. The topological polar surface area (TPSA) is 78.8 Å². The van der Waals surface area contributed by atoms with Crippen molar-refractivity contribution >= 4 is 43.3 Å². The second-order valence-corrected chi connectivity index (χ2v) is 9.77. The Kier molecular flexibility index (Phi) is 7.25. The van der Waals surface area contributed by atoms with Gasteiger partial charge in [-0.1, -0.05) is 58.4 Å². The average Bonchev–Trinajstić information content (AvgIpc) is 2.76. The van der Waals surface area contributed by atoms with Gasteiger partial charge in [0.25, 0.3) is 5.91 Å². The molecule has 0 bridgehead atoms. The summed E-state index contributed by atoms with van der Waals surface area (Å²) in [6.07, 6.45) is 1.17. The van der Waals surface area contributed by atoms with Gasteiger partial charge in [-0.05, 0) is 54.4 Å². The third-order valence-corrected chi connectivity index (χ3v) is 6.24. The minimum atomic E-state index is -3.46. The number of hydrogen-bond donors (Lipinski definition) is 1. The van der Waals surface area contributed by atoms with Gasteiger partial charge in [0.2, 0.25) is 10.0 Å². The molecule has 0 aliphatic heterocycles. The van der Waals surface area contributed by atoms with Gasteiger partial charge in [0.05, 0.1) is 24.2 Å². The SMILES string of the molecule is CC(=NNC(=O)c1ccc(CN(c2ccccc2)S(C)(=O)=O)cc1)c1ccc(Br)cc1. The number of halogens is 1. The molecular formula is C23H22BrN3O3S. The first kappa shape index (κ1) is 22.7. The van der Waals surface area contributed by atoms with E-state index in [0.29, 0.717) is 17.0 Å². The zero-order chi connectivity index (χ0) is 22.4. The van der Waals surface area contributed by atoms with Crippen LogP contribution in [-0.2, 0) is 16.6 Å². The van der Waals surface area contributed by atoms with Crippen LogP contribution in [0, 0.1) is 0 Å². The van der Waals surface area contributed by atoms with Crippen LogP contribution >= 0.6 is 15.9 Å². The molecule has 3 rings (SSSR count). The Hall–Kier alpha value is -2.97. The van der Waals surface area contributed by atoms with Crippen molar-refractivity contribution in [2.24, 2.45) is 5.10 Å². The van der Waals surface area contributed by atoms with Gasteiger partial charge in [0.15, 0.2) is 0 Å². The van der Waals surface area contributed by atoms with Crippen LogP contribution in [-0.4, -0.2) is 26.3 Å². The number of carbonyl (C=O) groups is 1. The number of sulfonamides is 1. The van der Waals surface area contributed by atoms with Gasteiger partial charge in [-0.2, -0.15) is 5.10 Å². The zero-order valence-electron chi connectivity index (χ0n) is 17.1. The van der Waals surface area contributed by atoms with E-state index in [4.69, 9.17) is 0 Å². The smallest absolute Gasteiger partial charge is 0.267 e. The Morgan fingerprint density at radius 3 is 2.10 bits per heavy atom. The molecule has 3 aromatic rings. The third-order valence-electron chi connectivity index (χ3n) is 4.57. The summed E-state index contributed by atoms with van der Waals surface area (Å²) in [6, 6.07) is 23.3. The molecule has 6 nitrogen and oxygen atoms in total. The molecule has 160 valence electrons. The molecule has 0 saturated heterocycles. The van der Waals surface area contributed by atoms with Crippen molar-refractivity contribution in [3.8, 4) is 0 Å². The van der Waals surface area contributed by atoms with E-state index in [1.54, 1.807) is 48.5 Å². The summed E-state index contributed by atoms with van der Waals surface area (Å²) in [4.78, 5) is 12.4. The lowest BCUT2D eigenvalue weighted by Gasteiger charge is -2.22. The number of benzene rings is 3. The van der Waals surface area contributed by atoms with Gasteiger partial charge >= 0.3 is 0 Å². The van der Waals surface area contributed by atoms with E-state index in [1.165, 1.54) is 10.6 Å². The minimum Gasteiger partial charge on any atom is -0.267 e. The van der Waals surface area contributed by atoms with E-state index in [9.17, 15) is 13.2 Å². The lowest BCUT2D eigenvalue weighted by Crippen LogP contribution is -2.29. The van der Waals surface area contributed by atoms with Crippen molar-refractivity contribution < 1.29 is 13.2 Å². The fourth-order valence-electron chi connectivity index (χ4n) is 2.88. The standard InChI is InChI=1S/C23H22BrN3O3S/c1-17(19-12-14-21(24)15-13-19)25-26-23(28)20-10-8-18(9-11-20)16-27(31(2,29)30)22-6-4-3-5-7-22/h3-15H,16H2,1-2H3,(H,26,28). The normalized spacial score (nSPS) is 11.8. The summed E-state index contributed by atoms with van der Waals surface area (Å²) in [5.41, 5.74) is 5.92. The van der Waals surface area contributed by atoms with Crippen LogP contribution in [0.5, 0.6) is 0 Å². The van der Waals surface area contributed by atoms with Crippen LogP contribution in [0.25, 0.3) is 0 Å². The predicted octanol–water partition coefficient (Wildman–Crippen LogP) is 4.57. The highest BCUT2D eigenvalue weighted by molar-refractivity contribution is 9.10. The van der Waals surface area contributed by atoms with Crippen molar-refractivity contribution in [3.05, 3.63) is 100 Å². The molecule has 8 heteroatoms. The first-order valence-electron chi connectivity index (χ1n) is 9.46. The fraction of sp³-hybridized carbons (Fsp3) is 0.130. The highest BCUT2D eigenvalue weighted by Crippen LogP contribution is 2.20. The highest BCUT2D eigenvalue weighted by atomic mass is 79.9. The van der Waals surface area contributed by atoms with Crippen LogP contribution in [0.15, 0.2) is 88.4 Å². The van der Waals surface area contributed by atoms with E-state index in [-0.39, 0.29) is 12.5 Å². The number of para-hydroxylation sites is 1. The van der Waals surface area contributed by atoms with E-state index in [2.05, 4.69) is 26.5 Å². The highest BCUT2D eigenvalue weighted by Gasteiger charge is 2.17. The summed E-state index contributed by atoms with van der Waals surface area (Å²) in [5.74, 6) is -0.342. The van der Waals surface area contributed by atoms with Crippen molar-refractivity contribution in [2.75, 3.05) is 10.6 Å². The molecule has 1 N–H and O–H groups in total. The maximum absolute atomic E-state index is 12.4.